The Bertz CT molecular complexity index is 879. The first-order valence-corrected chi connectivity index (χ1v) is 10.1. The van der Waals surface area contributed by atoms with Crippen molar-refractivity contribution in [3.8, 4) is 0 Å². The molecular formula is C22H22ClF3N2O. The molecule has 0 aromatic heterocycles. The molecule has 1 unspecified atom stereocenters. The molecule has 2 aliphatic heterocycles. The highest BCUT2D eigenvalue weighted by Crippen LogP contribution is 2.44. The number of alkyl halides is 3. The average molecular weight is 423 g/mol. The Hall–Kier alpha value is -2.05. The lowest BCUT2D eigenvalue weighted by atomic mass is 9.67. The molecule has 1 aliphatic carbocycles. The third kappa shape index (κ3) is 4.01. The van der Waals surface area contributed by atoms with Crippen molar-refractivity contribution in [3.05, 3.63) is 70.2 Å². The Morgan fingerprint density at radius 3 is 2.41 bits per heavy atom. The van der Waals surface area contributed by atoms with Gasteiger partial charge in [0, 0.05) is 5.54 Å². The van der Waals surface area contributed by atoms with Gasteiger partial charge >= 0.3 is 6.18 Å². The fourth-order valence-electron chi connectivity index (χ4n) is 4.58. The van der Waals surface area contributed by atoms with Gasteiger partial charge in [-0.25, -0.2) is 0 Å². The van der Waals surface area contributed by atoms with Crippen LogP contribution in [0, 0.1) is 5.92 Å². The highest BCUT2D eigenvalue weighted by atomic mass is 35.5. The second-order valence-electron chi connectivity index (χ2n) is 7.99. The molecule has 3 fully saturated rings. The minimum atomic E-state index is -4.54. The van der Waals surface area contributed by atoms with Gasteiger partial charge in [-0.1, -0.05) is 41.9 Å². The molecule has 1 atom stereocenters. The number of halogens is 4. The Kier molecular flexibility index (Phi) is 5.34. The number of fused-ring (bicyclic) bond motifs is 3. The van der Waals surface area contributed by atoms with Crippen LogP contribution >= 0.6 is 11.6 Å². The summed E-state index contributed by atoms with van der Waals surface area (Å²) >= 11 is 6.09. The summed E-state index contributed by atoms with van der Waals surface area (Å²) in [6.45, 7) is 0.892. The predicted octanol–water partition coefficient (Wildman–Crippen LogP) is 5.36. The highest BCUT2D eigenvalue weighted by molar-refractivity contribution is 6.33. The van der Waals surface area contributed by atoms with Crippen LogP contribution in [0.5, 0.6) is 0 Å². The van der Waals surface area contributed by atoms with Crippen LogP contribution in [0.2, 0.25) is 5.02 Å². The van der Waals surface area contributed by atoms with Gasteiger partial charge < -0.3 is 10.6 Å². The maximum Gasteiger partial charge on any atom is 0.416 e. The second kappa shape index (κ2) is 7.65. The van der Waals surface area contributed by atoms with E-state index in [0.717, 1.165) is 56.0 Å². The summed E-state index contributed by atoms with van der Waals surface area (Å²) in [5.74, 6) is 0.0562. The molecule has 2 N–H and O–H groups in total. The number of rotatable bonds is 4. The van der Waals surface area contributed by atoms with Crippen molar-refractivity contribution in [1.29, 1.82) is 0 Å². The molecule has 3 nitrogen and oxygen atoms in total. The zero-order chi connectivity index (χ0) is 20.6. The van der Waals surface area contributed by atoms with Gasteiger partial charge in [-0.2, -0.15) is 13.2 Å². The Morgan fingerprint density at radius 1 is 1.14 bits per heavy atom. The van der Waals surface area contributed by atoms with E-state index in [9.17, 15) is 18.0 Å². The first kappa shape index (κ1) is 20.2. The normalized spacial score (nSPS) is 24.9. The van der Waals surface area contributed by atoms with Crippen LogP contribution in [0.1, 0.15) is 53.2 Å². The van der Waals surface area contributed by atoms with Crippen molar-refractivity contribution in [3.63, 3.8) is 0 Å². The lowest BCUT2D eigenvalue weighted by Gasteiger charge is -2.52. The van der Waals surface area contributed by atoms with Crippen LogP contribution in [0.25, 0.3) is 0 Å². The maximum absolute atomic E-state index is 13.1. The van der Waals surface area contributed by atoms with Crippen molar-refractivity contribution in [2.75, 3.05) is 6.54 Å². The molecule has 3 aliphatic rings. The van der Waals surface area contributed by atoms with Gasteiger partial charge in [0.1, 0.15) is 0 Å². The van der Waals surface area contributed by atoms with Crippen LogP contribution in [0.4, 0.5) is 13.2 Å². The van der Waals surface area contributed by atoms with Gasteiger partial charge in [-0.3, -0.25) is 4.79 Å². The average Bonchev–Trinajstić information content (AvgIpc) is 2.73. The summed E-state index contributed by atoms with van der Waals surface area (Å²) < 4.78 is 39.4. The number of hydrogen-bond donors (Lipinski definition) is 2. The van der Waals surface area contributed by atoms with Crippen LogP contribution in [0.15, 0.2) is 48.5 Å². The van der Waals surface area contributed by atoms with Gasteiger partial charge in [0.05, 0.1) is 22.2 Å². The number of carbonyl (C=O) groups is 1. The molecule has 2 saturated heterocycles. The van der Waals surface area contributed by atoms with E-state index in [1.807, 2.05) is 30.3 Å². The minimum Gasteiger partial charge on any atom is -0.343 e. The fourth-order valence-corrected chi connectivity index (χ4v) is 4.79. The van der Waals surface area contributed by atoms with E-state index in [1.165, 1.54) is 0 Å². The van der Waals surface area contributed by atoms with Gasteiger partial charge in [0.25, 0.3) is 5.91 Å². The Labute approximate surface area is 172 Å². The summed E-state index contributed by atoms with van der Waals surface area (Å²) in [5, 5.41) is 6.61. The topological polar surface area (TPSA) is 41.1 Å². The van der Waals surface area contributed by atoms with Gasteiger partial charge in [-0.15, -0.1) is 0 Å². The fraction of sp³-hybridized carbons (Fsp3) is 0.409. The number of carbonyl (C=O) groups excluding carboxylic acids is 1. The SMILES string of the molecule is O=C(NC(c1ccccc1)C12CCC(CC1)CN2)c1cc(C(F)(F)F)ccc1Cl. The first-order valence-electron chi connectivity index (χ1n) is 9.76. The van der Waals surface area contributed by atoms with Gasteiger partial charge in [0.15, 0.2) is 0 Å². The standard InChI is InChI=1S/C22H22ClF3N2O/c23-18-7-6-16(22(24,25)26)12-17(18)20(29)28-19(15-4-2-1-3-5-15)21-10-8-14(9-11-21)13-27-21/h1-7,12,14,19,27H,8-11,13H2,(H,28,29). The zero-order valence-electron chi connectivity index (χ0n) is 15.7. The maximum atomic E-state index is 13.1. The number of nitrogens with one attached hydrogen (secondary N) is 2. The van der Waals surface area contributed by atoms with Crippen molar-refractivity contribution in [2.24, 2.45) is 5.92 Å². The molecule has 2 heterocycles. The summed E-state index contributed by atoms with van der Waals surface area (Å²) in [6, 6.07) is 12.1. The van der Waals surface area contributed by atoms with Gasteiger partial charge in [0.2, 0.25) is 0 Å². The number of benzene rings is 2. The van der Waals surface area contributed by atoms with E-state index in [1.54, 1.807) is 0 Å². The van der Waals surface area contributed by atoms with Crippen LogP contribution in [0.3, 0.4) is 0 Å². The van der Waals surface area contributed by atoms with E-state index in [0.29, 0.717) is 5.92 Å². The third-order valence-electron chi connectivity index (χ3n) is 6.24. The monoisotopic (exact) mass is 422 g/mol. The van der Waals surface area contributed by atoms with Crippen LogP contribution in [-0.4, -0.2) is 18.0 Å². The molecule has 2 bridgehead atoms. The predicted molar refractivity (Wildman–Crippen MR) is 106 cm³/mol. The highest BCUT2D eigenvalue weighted by Gasteiger charge is 2.47. The molecule has 1 amide bonds. The molecule has 154 valence electrons. The van der Waals surface area contributed by atoms with Crippen molar-refractivity contribution >= 4 is 17.5 Å². The van der Waals surface area contributed by atoms with Crippen LogP contribution in [-0.2, 0) is 6.18 Å². The van der Waals surface area contributed by atoms with Crippen molar-refractivity contribution < 1.29 is 18.0 Å². The summed E-state index contributed by atoms with van der Waals surface area (Å²) in [7, 11) is 0. The molecule has 0 spiro atoms. The van der Waals surface area contributed by atoms with Crippen LogP contribution < -0.4 is 10.6 Å². The summed E-state index contributed by atoms with van der Waals surface area (Å²) in [5.41, 5.74) is -0.433. The van der Waals surface area contributed by atoms with E-state index in [-0.39, 0.29) is 22.2 Å². The molecule has 0 radical (unpaired) electrons. The lowest BCUT2D eigenvalue weighted by Crippen LogP contribution is -2.62. The third-order valence-corrected chi connectivity index (χ3v) is 6.57. The minimum absolute atomic E-state index is 0.000114. The molecule has 29 heavy (non-hydrogen) atoms. The van der Waals surface area contributed by atoms with E-state index < -0.39 is 17.6 Å². The lowest BCUT2D eigenvalue weighted by molar-refractivity contribution is -0.137. The van der Waals surface area contributed by atoms with Crippen molar-refractivity contribution in [2.45, 2.75) is 43.4 Å². The molecule has 1 saturated carbocycles. The summed E-state index contributed by atoms with van der Waals surface area (Å²) in [6.07, 6.45) is -0.560. The molecule has 7 heteroatoms. The Balaban J connectivity index is 1.68. The molecular weight excluding hydrogens is 401 g/mol. The number of amides is 1. The molecule has 5 rings (SSSR count). The van der Waals surface area contributed by atoms with Gasteiger partial charge in [-0.05, 0) is 61.9 Å². The summed E-state index contributed by atoms with van der Waals surface area (Å²) in [4.78, 5) is 13.1. The zero-order valence-corrected chi connectivity index (χ0v) is 16.5. The second-order valence-corrected chi connectivity index (χ2v) is 8.40. The first-order chi connectivity index (χ1) is 13.8. The number of piperidine rings is 2. The number of hydrogen-bond acceptors (Lipinski definition) is 2. The largest absolute Gasteiger partial charge is 0.416 e. The van der Waals surface area contributed by atoms with E-state index in [4.69, 9.17) is 11.6 Å². The molecule has 2 aromatic rings. The Morgan fingerprint density at radius 2 is 1.83 bits per heavy atom. The smallest absolute Gasteiger partial charge is 0.343 e. The van der Waals surface area contributed by atoms with Crippen molar-refractivity contribution in [1.82, 2.24) is 10.6 Å². The van der Waals surface area contributed by atoms with E-state index in [2.05, 4.69) is 10.6 Å². The van der Waals surface area contributed by atoms with E-state index >= 15 is 0 Å². The quantitative estimate of drug-likeness (QED) is 0.696. The molecule has 2 aromatic carbocycles.